The number of thiophene rings is 1. The molecule has 2 aromatic carbocycles. The van der Waals surface area contributed by atoms with E-state index >= 15 is 0 Å². The number of rotatable bonds is 5. The Bertz CT molecular complexity index is 1230. The average Bonchev–Trinajstić information content (AvgIpc) is 3.13. The first-order valence-corrected chi connectivity index (χ1v) is 11.6. The van der Waals surface area contributed by atoms with Crippen molar-refractivity contribution in [2.75, 3.05) is 5.32 Å². The van der Waals surface area contributed by atoms with E-state index in [0.717, 1.165) is 16.0 Å². The first kappa shape index (κ1) is 20.0. The first-order valence-electron chi connectivity index (χ1n) is 8.71. The lowest BCUT2D eigenvalue weighted by atomic mass is 10.1. The average molecular weight is 446 g/mol. The minimum atomic E-state index is -4.49. The fraction of sp³-hybridized carbons (Fsp3) is 0.100. The van der Waals surface area contributed by atoms with Gasteiger partial charge in [0.25, 0.3) is 0 Å². The van der Waals surface area contributed by atoms with Crippen molar-refractivity contribution in [1.29, 1.82) is 0 Å². The summed E-state index contributed by atoms with van der Waals surface area (Å²) in [6.07, 6.45) is 1.38. The van der Waals surface area contributed by atoms with E-state index in [9.17, 15) is 14.4 Å². The monoisotopic (exact) mass is 445 g/mol. The van der Waals surface area contributed by atoms with Crippen molar-refractivity contribution in [3.05, 3.63) is 77.1 Å². The van der Waals surface area contributed by atoms with E-state index in [0.29, 0.717) is 26.6 Å². The molecule has 2 heterocycles. The van der Waals surface area contributed by atoms with Crippen molar-refractivity contribution < 1.29 is 14.4 Å². The van der Waals surface area contributed by atoms with E-state index < -0.39 is 13.4 Å². The second-order valence-corrected chi connectivity index (χ2v) is 9.69. The van der Waals surface area contributed by atoms with Gasteiger partial charge in [0, 0.05) is 9.90 Å². The van der Waals surface area contributed by atoms with Crippen molar-refractivity contribution in [3.63, 3.8) is 0 Å². The van der Waals surface area contributed by atoms with Crippen LogP contribution in [0.4, 0.5) is 5.82 Å². The third-order valence-electron chi connectivity index (χ3n) is 4.51. The maximum atomic E-state index is 12.1. The van der Waals surface area contributed by atoms with E-state index in [4.69, 9.17) is 11.6 Å². The third kappa shape index (κ3) is 4.20. The first-order chi connectivity index (χ1) is 13.8. The number of fused-ring (bicyclic) bond motifs is 1. The second-order valence-electron chi connectivity index (χ2n) is 6.56. The van der Waals surface area contributed by atoms with Gasteiger partial charge in [-0.25, -0.2) is 9.97 Å². The molecule has 0 aliphatic heterocycles. The zero-order valence-electron chi connectivity index (χ0n) is 15.3. The largest absolute Gasteiger partial charge is 0.352 e. The molecule has 0 unspecified atom stereocenters. The van der Waals surface area contributed by atoms with Crippen LogP contribution in [0.1, 0.15) is 16.9 Å². The van der Waals surface area contributed by atoms with E-state index in [1.54, 1.807) is 30.3 Å². The number of aromatic nitrogens is 2. The van der Waals surface area contributed by atoms with Crippen molar-refractivity contribution in [2.45, 2.75) is 12.7 Å². The molecular formula is C20H17ClN3O3PS. The van der Waals surface area contributed by atoms with Crippen LogP contribution in [0.15, 0.2) is 60.9 Å². The van der Waals surface area contributed by atoms with Gasteiger partial charge in [0.2, 0.25) is 0 Å². The zero-order chi connectivity index (χ0) is 20.6. The molecule has 0 aliphatic carbocycles. The van der Waals surface area contributed by atoms with Crippen LogP contribution in [-0.4, -0.2) is 19.8 Å². The SMILES string of the molecule is Cc1ccc(-c2cc3c(N[C@H](c4ccccc4)P(=O)(O)O)ncnc3s2)cc1Cl. The molecule has 0 aliphatic rings. The number of aryl methyl sites for hydroxylation is 1. The molecule has 4 aromatic rings. The molecule has 1 atom stereocenters. The lowest BCUT2D eigenvalue weighted by molar-refractivity contribution is 0.363. The summed E-state index contributed by atoms with van der Waals surface area (Å²) in [5.41, 5.74) is 2.42. The Balaban J connectivity index is 1.77. The van der Waals surface area contributed by atoms with Gasteiger partial charge in [-0.3, -0.25) is 4.57 Å². The maximum Gasteiger partial charge on any atom is 0.352 e. The van der Waals surface area contributed by atoms with E-state index in [1.165, 1.54) is 17.7 Å². The second kappa shape index (κ2) is 7.86. The Hall–Kier alpha value is -2.28. The van der Waals surface area contributed by atoms with Crippen molar-refractivity contribution >= 4 is 46.6 Å². The van der Waals surface area contributed by atoms with Crippen molar-refractivity contribution in [2.24, 2.45) is 0 Å². The molecule has 3 N–H and O–H groups in total. The van der Waals surface area contributed by atoms with Crippen LogP contribution in [0.3, 0.4) is 0 Å². The summed E-state index contributed by atoms with van der Waals surface area (Å²) in [7, 11) is -4.49. The number of halogens is 1. The fourth-order valence-electron chi connectivity index (χ4n) is 2.99. The van der Waals surface area contributed by atoms with Gasteiger partial charge >= 0.3 is 7.60 Å². The minimum Gasteiger partial charge on any atom is -0.352 e. The topological polar surface area (TPSA) is 95.3 Å². The molecule has 6 nitrogen and oxygen atoms in total. The third-order valence-corrected chi connectivity index (χ3v) is 7.11. The van der Waals surface area contributed by atoms with Crippen molar-refractivity contribution in [3.8, 4) is 10.4 Å². The van der Waals surface area contributed by atoms with Gasteiger partial charge in [0.1, 0.15) is 17.0 Å². The summed E-state index contributed by atoms with van der Waals surface area (Å²) in [6.45, 7) is 1.94. The fourth-order valence-corrected chi connectivity index (χ4v) is 5.01. The molecule has 29 heavy (non-hydrogen) atoms. The molecule has 2 aromatic heterocycles. The van der Waals surface area contributed by atoms with E-state index in [1.807, 2.05) is 31.2 Å². The van der Waals surface area contributed by atoms with Gasteiger partial charge < -0.3 is 15.1 Å². The Morgan fingerprint density at radius 1 is 1.10 bits per heavy atom. The number of benzene rings is 2. The van der Waals surface area contributed by atoms with Gasteiger partial charge in [-0.2, -0.15) is 0 Å². The number of nitrogens with one attached hydrogen (secondary N) is 1. The van der Waals surface area contributed by atoms with E-state index in [-0.39, 0.29) is 0 Å². The summed E-state index contributed by atoms with van der Waals surface area (Å²) >= 11 is 7.72. The van der Waals surface area contributed by atoms with Gasteiger partial charge in [-0.1, -0.05) is 54.1 Å². The molecule has 0 fully saturated rings. The molecule has 4 rings (SSSR count). The number of hydrogen-bond donors (Lipinski definition) is 3. The zero-order valence-corrected chi connectivity index (χ0v) is 17.7. The quantitative estimate of drug-likeness (QED) is 0.346. The summed E-state index contributed by atoms with van der Waals surface area (Å²) in [5, 5.41) is 4.30. The van der Waals surface area contributed by atoms with Gasteiger partial charge in [0.05, 0.1) is 5.39 Å². The molecule has 0 bridgehead atoms. The predicted molar refractivity (Wildman–Crippen MR) is 117 cm³/mol. The highest BCUT2D eigenvalue weighted by atomic mass is 35.5. The summed E-state index contributed by atoms with van der Waals surface area (Å²) in [4.78, 5) is 30.0. The van der Waals surface area contributed by atoms with Gasteiger partial charge in [0.15, 0.2) is 5.78 Å². The molecular weight excluding hydrogens is 429 g/mol. The Morgan fingerprint density at radius 3 is 2.55 bits per heavy atom. The van der Waals surface area contributed by atoms with Crippen LogP contribution < -0.4 is 5.32 Å². The molecule has 0 saturated carbocycles. The highest BCUT2D eigenvalue weighted by Gasteiger charge is 2.31. The Kier molecular flexibility index (Phi) is 5.42. The van der Waals surface area contributed by atoms with E-state index in [2.05, 4.69) is 15.3 Å². The van der Waals surface area contributed by atoms with Crippen molar-refractivity contribution in [1.82, 2.24) is 9.97 Å². The highest BCUT2D eigenvalue weighted by molar-refractivity contribution is 7.52. The highest BCUT2D eigenvalue weighted by Crippen LogP contribution is 2.52. The van der Waals surface area contributed by atoms with Crippen LogP contribution in [0.2, 0.25) is 5.02 Å². The summed E-state index contributed by atoms with van der Waals surface area (Å²) in [5.74, 6) is -0.841. The standard InChI is InChI=1S/C20H17ClN3O3PS/c1-12-7-8-14(9-16(12)21)17-10-15-18(22-11-23-20(15)29-17)24-19(28(25,26)27)13-5-3-2-4-6-13/h2-11,19H,1H3,(H,22,23,24)(H2,25,26,27)/t19-/m0/s1. The minimum absolute atomic E-state index is 0.368. The maximum absolute atomic E-state index is 12.1. The normalized spacial score (nSPS) is 12.8. The van der Waals surface area contributed by atoms with Gasteiger partial charge in [-0.15, -0.1) is 11.3 Å². The molecule has 0 amide bonds. The smallest absolute Gasteiger partial charge is 0.352 e. The summed E-state index contributed by atoms with van der Waals surface area (Å²) < 4.78 is 12.1. The lowest BCUT2D eigenvalue weighted by Gasteiger charge is -2.21. The van der Waals surface area contributed by atoms with Crippen LogP contribution in [0, 0.1) is 6.92 Å². The molecule has 0 radical (unpaired) electrons. The van der Waals surface area contributed by atoms with Crippen LogP contribution in [0.5, 0.6) is 0 Å². The van der Waals surface area contributed by atoms with Crippen LogP contribution in [-0.2, 0) is 4.57 Å². The molecule has 0 spiro atoms. The molecule has 148 valence electrons. The van der Waals surface area contributed by atoms with Gasteiger partial charge in [-0.05, 0) is 35.7 Å². The predicted octanol–water partition coefficient (Wildman–Crippen LogP) is 5.61. The Labute approximate surface area is 176 Å². The number of anilines is 1. The number of hydrogen-bond acceptors (Lipinski definition) is 5. The number of nitrogens with zero attached hydrogens (tertiary/aromatic N) is 2. The van der Waals surface area contributed by atoms with Crippen LogP contribution in [0.25, 0.3) is 20.7 Å². The summed E-state index contributed by atoms with van der Waals surface area (Å²) in [6, 6.07) is 16.3. The lowest BCUT2D eigenvalue weighted by Crippen LogP contribution is -2.12. The molecule has 9 heteroatoms. The van der Waals surface area contributed by atoms with Crippen LogP contribution >= 0.6 is 30.5 Å². The Morgan fingerprint density at radius 2 is 1.86 bits per heavy atom. The molecule has 0 saturated heterocycles.